The van der Waals surface area contributed by atoms with Crippen LogP contribution in [-0.2, 0) is 25.5 Å². The van der Waals surface area contributed by atoms with Crippen molar-refractivity contribution < 1.29 is 26.3 Å². The molecule has 1 unspecified atom stereocenters. The van der Waals surface area contributed by atoms with Gasteiger partial charge < -0.3 is 20.6 Å². The van der Waals surface area contributed by atoms with Crippen LogP contribution in [0.3, 0.4) is 0 Å². The van der Waals surface area contributed by atoms with E-state index >= 15 is 0 Å². The van der Waals surface area contributed by atoms with Crippen LogP contribution in [0.2, 0.25) is 0 Å². The summed E-state index contributed by atoms with van der Waals surface area (Å²) < 4.78 is 51.9. The first-order chi connectivity index (χ1) is 16.1. The summed E-state index contributed by atoms with van der Waals surface area (Å²) in [5, 5.41) is 4.46. The number of rotatable bonds is 7. The highest BCUT2D eigenvalue weighted by Gasteiger charge is 2.19. The van der Waals surface area contributed by atoms with E-state index in [1.807, 2.05) is 0 Å². The Balaban J connectivity index is 1.57. The fourth-order valence-corrected chi connectivity index (χ4v) is 4.95. The molecule has 4 rings (SSSR count). The number of anilines is 3. The van der Waals surface area contributed by atoms with Gasteiger partial charge in [0.25, 0.3) is 5.91 Å². The highest BCUT2D eigenvalue weighted by Crippen LogP contribution is 2.26. The molecule has 1 atom stereocenters. The summed E-state index contributed by atoms with van der Waals surface area (Å²) in [6, 6.07) is 18.5. The first-order valence-electron chi connectivity index (χ1n) is 9.80. The van der Waals surface area contributed by atoms with E-state index in [9.17, 15) is 22.0 Å². The average molecular weight is 500 g/mol. The minimum atomic E-state index is -3.83. The number of nitrogens with one attached hydrogen (secondary N) is 2. The van der Waals surface area contributed by atoms with Crippen molar-refractivity contribution in [2.75, 3.05) is 23.2 Å². The zero-order chi connectivity index (χ0) is 24.5. The molecule has 1 heterocycles. The predicted octanol–water partition coefficient (Wildman–Crippen LogP) is 3.00. The monoisotopic (exact) mass is 499 g/mol. The molecule has 0 fully saturated rings. The SMILES string of the molecule is CN(OS(=O)[O-])c1ccc2cc(C(=O)Nc3cccc(S(=O)(=O)c4cccc(N)c4)c3)[nH]c2c1. The first kappa shape index (κ1) is 23.4. The summed E-state index contributed by atoms with van der Waals surface area (Å²) in [4.78, 5) is 15.8. The summed E-state index contributed by atoms with van der Waals surface area (Å²) in [6.07, 6.45) is 0. The van der Waals surface area contributed by atoms with Crippen LogP contribution in [0.4, 0.5) is 17.1 Å². The number of benzene rings is 3. The van der Waals surface area contributed by atoms with Gasteiger partial charge in [0.1, 0.15) is 17.1 Å². The predicted molar refractivity (Wildman–Crippen MR) is 127 cm³/mol. The zero-order valence-corrected chi connectivity index (χ0v) is 19.4. The van der Waals surface area contributed by atoms with Crippen molar-refractivity contribution in [3.05, 3.63) is 78.5 Å². The largest absolute Gasteiger partial charge is 0.748 e. The maximum atomic E-state index is 12.9. The van der Waals surface area contributed by atoms with Crippen molar-refractivity contribution in [3.8, 4) is 0 Å². The van der Waals surface area contributed by atoms with Gasteiger partial charge in [-0.25, -0.2) is 17.7 Å². The van der Waals surface area contributed by atoms with Gasteiger partial charge in [-0.1, -0.05) is 18.2 Å². The van der Waals surface area contributed by atoms with Gasteiger partial charge >= 0.3 is 0 Å². The lowest BCUT2D eigenvalue weighted by Crippen LogP contribution is -2.18. The summed E-state index contributed by atoms with van der Waals surface area (Å²) in [5.74, 6) is -0.485. The van der Waals surface area contributed by atoms with E-state index in [-0.39, 0.29) is 15.5 Å². The van der Waals surface area contributed by atoms with Gasteiger partial charge in [0.15, 0.2) is 0 Å². The molecule has 4 aromatic rings. The van der Waals surface area contributed by atoms with Gasteiger partial charge in [-0.2, -0.15) is 4.28 Å². The maximum absolute atomic E-state index is 12.9. The lowest BCUT2D eigenvalue weighted by molar-refractivity contribution is 0.102. The molecule has 0 bridgehead atoms. The topological polar surface area (TPSA) is 158 Å². The maximum Gasteiger partial charge on any atom is 0.272 e. The number of carbonyl (C=O) groups excluding carboxylic acids is 1. The second kappa shape index (κ2) is 9.27. The number of sulfone groups is 1. The number of nitrogens with zero attached hydrogens (tertiary/aromatic N) is 1. The lowest BCUT2D eigenvalue weighted by Gasteiger charge is -2.18. The van der Waals surface area contributed by atoms with E-state index in [1.54, 1.807) is 42.5 Å². The van der Waals surface area contributed by atoms with Crippen LogP contribution in [-0.4, -0.2) is 35.1 Å². The second-order valence-electron chi connectivity index (χ2n) is 7.29. The van der Waals surface area contributed by atoms with Crippen LogP contribution >= 0.6 is 0 Å². The lowest BCUT2D eigenvalue weighted by atomic mass is 10.2. The minimum absolute atomic E-state index is 0.0102. The smallest absolute Gasteiger partial charge is 0.272 e. The number of carbonyl (C=O) groups is 1. The molecular formula is C22H19N4O6S2-. The standard InChI is InChI=1S/C22H20N4O6S2/c1-26(32-33(28)29)17-9-8-14-10-21(25-20(14)13-17)22(27)24-16-5-3-7-19(12-16)34(30,31)18-6-2-4-15(23)11-18/h2-13,25H,23H2,1H3,(H,24,27)(H,28,29)/p-1. The number of nitrogen functional groups attached to an aromatic ring is 1. The number of hydrogen-bond donors (Lipinski definition) is 3. The molecule has 0 saturated carbocycles. The van der Waals surface area contributed by atoms with Gasteiger partial charge in [-0.3, -0.25) is 4.79 Å². The van der Waals surface area contributed by atoms with Crippen LogP contribution in [0.1, 0.15) is 10.5 Å². The number of hydroxylamine groups is 1. The molecule has 0 aliphatic heterocycles. The average Bonchev–Trinajstić information content (AvgIpc) is 3.22. The molecule has 176 valence electrons. The fraction of sp³-hybridized carbons (Fsp3) is 0.0455. The van der Waals surface area contributed by atoms with Crippen molar-refractivity contribution in [2.45, 2.75) is 9.79 Å². The third-order valence-corrected chi connectivity index (χ3v) is 7.05. The van der Waals surface area contributed by atoms with Crippen LogP contribution in [0, 0.1) is 0 Å². The molecule has 34 heavy (non-hydrogen) atoms. The molecule has 12 heteroatoms. The molecule has 1 aromatic heterocycles. The Hall–Kier alpha value is -3.71. The Morgan fingerprint density at radius 1 is 1.06 bits per heavy atom. The van der Waals surface area contributed by atoms with E-state index in [1.165, 1.54) is 37.4 Å². The van der Waals surface area contributed by atoms with E-state index in [0.717, 1.165) is 5.06 Å². The molecule has 0 aliphatic rings. The van der Waals surface area contributed by atoms with Crippen molar-refractivity contribution in [1.29, 1.82) is 0 Å². The van der Waals surface area contributed by atoms with Gasteiger partial charge in [0, 0.05) is 29.3 Å². The molecule has 0 spiro atoms. The number of aromatic nitrogens is 1. The van der Waals surface area contributed by atoms with Crippen molar-refractivity contribution in [2.24, 2.45) is 0 Å². The highest BCUT2D eigenvalue weighted by atomic mass is 32.2. The normalized spacial score (nSPS) is 12.4. The fourth-order valence-electron chi connectivity index (χ4n) is 3.32. The molecule has 0 saturated heterocycles. The Morgan fingerprint density at radius 3 is 2.47 bits per heavy atom. The summed E-state index contributed by atoms with van der Waals surface area (Å²) in [5.41, 5.74) is 7.58. The molecule has 10 nitrogen and oxygen atoms in total. The van der Waals surface area contributed by atoms with Gasteiger partial charge in [0.2, 0.25) is 9.84 Å². The van der Waals surface area contributed by atoms with Gasteiger partial charge in [-0.05, 0) is 54.6 Å². The number of fused-ring (bicyclic) bond motifs is 1. The van der Waals surface area contributed by atoms with Gasteiger partial charge in [0.05, 0.1) is 15.5 Å². The third kappa shape index (κ3) is 4.94. The van der Waals surface area contributed by atoms with E-state index < -0.39 is 27.1 Å². The molecule has 0 radical (unpaired) electrons. The Morgan fingerprint density at radius 2 is 1.76 bits per heavy atom. The van der Waals surface area contributed by atoms with Crippen LogP contribution in [0.5, 0.6) is 0 Å². The van der Waals surface area contributed by atoms with E-state index in [4.69, 9.17) is 5.73 Å². The Bertz CT molecular complexity index is 1520. The Labute approximate surface area is 197 Å². The number of hydrogen-bond acceptors (Lipinski definition) is 8. The highest BCUT2D eigenvalue weighted by molar-refractivity contribution is 7.91. The number of nitrogens with two attached hydrogens (primary N) is 1. The molecule has 3 aromatic carbocycles. The van der Waals surface area contributed by atoms with Crippen molar-refractivity contribution in [1.82, 2.24) is 4.98 Å². The Kier molecular flexibility index (Phi) is 6.39. The summed E-state index contributed by atoms with van der Waals surface area (Å²) in [6.45, 7) is 0. The number of amides is 1. The molecular weight excluding hydrogens is 480 g/mol. The first-order valence-corrected chi connectivity index (χ1v) is 12.3. The van der Waals surface area contributed by atoms with Crippen molar-refractivity contribution >= 4 is 55.1 Å². The van der Waals surface area contributed by atoms with Crippen LogP contribution in [0.25, 0.3) is 10.9 Å². The van der Waals surface area contributed by atoms with Crippen LogP contribution in [0.15, 0.2) is 82.6 Å². The number of aromatic amines is 1. The molecule has 0 aliphatic carbocycles. The molecule has 4 N–H and O–H groups in total. The third-order valence-electron chi connectivity index (χ3n) is 4.96. The number of H-pyrrole nitrogens is 1. The summed E-state index contributed by atoms with van der Waals surface area (Å²) in [7, 11) is -2.40. The summed E-state index contributed by atoms with van der Waals surface area (Å²) >= 11 is -2.72. The van der Waals surface area contributed by atoms with E-state index in [2.05, 4.69) is 14.6 Å². The quantitative estimate of drug-likeness (QED) is 0.199. The van der Waals surface area contributed by atoms with Crippen molar-refractivity contribution in [3.63, 3.8) is 0 Å². The van der Waals surface area contributed by atoms with Gasteiger partial charge in [-0.15, -0.1) is 0 Å². The minimum Gasteiger partial charge on any atom is -0.748 e. The van der Waals surface area contributed by atoms with Crippen LogP contribution < -0.4 is 16.1 Å². The molecule has 1 amide bonds. The second-order valence-corrected chi connectivity index (χ2v) is 9.80. The van der Waals surface area contributed by atoms with E-state index in [0.29, 0.717) is 28.0 Å². The zero-order valence-electron chi connectivity index (χ0n) is 17.7.